The van der Waals surface area contributed by atoms with Gasteiger partial charge in [-0.2, -0.15) is 0 Å². The van der Waals surface area contributed by atoms with Crippen LogP contribution >= 0.6 is 0 Å². The molecule has 7 heteroatoms. The number of phenols is 4. The summed E-state index contributed by atoms with van der Waals surface area (Å²) < 4.78 is 0. The molecule has 0 bridgehead atoms. The van der Waals surface area contributed by atoms with E-state index in [1.54, 1.807) is 24.3 Å². The molecular formula is C20H16N2O5. The number of Topliss-reactive ketones (excluding diaryl/α,β-unsaturated/α-hetero) is 1. The molecule has 0 saturated heterocycles. The SMILES string of the molecule is CC(=O)c1ccc(-c2ccc(O)c(N=Nc3c(O)cccc3O)c2O)cc1. The van der Waals surface area contributed by atoms with Crippen molar-refractivity contribution in [2.45, 2.75) is 6.92 Å². The minimum Gasteiger partial charge on any atom is -0.505 e. The van der Waals surface area contributed by atoms with Crippen molar-refractivity contribution < 1.29 is 25.2 Å². The Balaban J connectivity index is 2.03. The summed E-state index contributed by atoms with van der Waals surface area (Å²) >= 11 is 0. The normalized spacial score (nSPS) is 11.0. The van der Waals surface area contributed by atoms with Crippen LogP contribution in [0.4, 0.5) is 11.4 Å². The average molecular weight is 364 g/mol. The second-order valence-electron chi connectivity index (χ2n) is 5.81. The van der Waals surface area contributed by atoms with E-state index >= 15 is 0 Å². The summed E-state index contributed by atoms with van der Waals surface area (Å²) in [5, 5.41) is 47.5. The summed E-state index contributed by atoms with van der Waals surface area (Å²) in [5.41, 5.74) is 1.11. The minimum absolute atomic E-state index is 0.0755. The van der Waals surface area contributed by atoms with E-state index in [9.17, 15) is 25.2 Å². The molecule has 27 heavy (non-hydrogen) atoms. The second kappa shape index (κ2) is 7.17. The Morgan fingerprint density at radius 3 is 1.89 bits per heavy atom. The lowest BCUT2D eigenvalue weighted by molar-refractivity contribution is 0.101. The molecule has 0 aliphatic carbocycles. The van der Waals surface area contributed by atoms with Gasteiger partial charge in [0.2, 0.25) is 0 Å². The molecule has 0 spiro atoms. The molecule has 0 aliphatic rings. The van der Waals surface area contributed by atoms with Crippen molar-refractivity contribution in [2.24, 2.45) is 10.2 Å². The van der Waals surface area contributed by atoms with Gasteiger partial charge >= 0.3 is 0 Å². The monoisotopic (exact) mass is 364 g/mol. The molecule has 3 aromatic rings. The summed E-state index contributed by atoms with van der Waals surface area (Å²) in [6.07, 6.45) is 0. The lowest BCUT2D eigenvalue weighted by Crippen LogP contribution is -1.91. The fourth-order valence-electron chi connectivity index (χ4n) is 2.51. The highest BCUT2D eigenvalue weighted by Gasteiger charge is 2.15. The Kier molecular flexibility index (Phi) is 4.76. The summed E-state index contributed by atoms with van der Waals surface area (Å²) in [4.78, 5) is 11.4. The number of aromatic hydroxyl groups is 4. The standard InChI is InChI=1S/C20H16N2O5/c1-11(23)12-5-7-13(8-6-12)14-9-10-17(26)19(20(14)27)22-21-18-15(24)3-2-4-16(18)25/h2-10,24-27H,1H3. The highest BCUT2D eigenvalue weighted by atomic mass is 16.3. The van der Waals surface area contributed by atoms with Crippen LogP contribution < -0.4 is 0 Å². The number of carbonyl (C=O) groups excluding carboxylic acids is 1. The minimum atomic E-state index is -0.329. The highest BCUT2D eigenvalue weighted by molar-refractivity contribution is 5.94. The van der Waals surface area contributed by atoms with Gasteiger partial charge in [-0.15, -0.1) is 10.2 Å². The van der Waals surface area contributed by atoms with Crippen molar-refractivity contribution in [3.05, 3.63) is 60.2 Å². The van der Waals surface area contributed by atoms with E-state index in [0.29, 0.717) is 16.7 Å². The largest absolute Gasteiger partial charge is 0.505 e. The fourth-order valence-corrected chi connectivity index (χ4v) is 2.51. The van der Waals surface area contributed by atoms with Gasteiger partial charge in [0.15, 0.2) is 22.9 Å². The average Bonchev–Trinajstić information content (AvgIpc) is 2.64. The van der Waals surface area contributed by atoms with Crippen molar-refractivity contribution >= 4 is 17.2 Å². The molecule has 0 fully saturated rings. The van der Waals surface area contributed by atoms with E-state index < -0.39 is 0 Å². The molecule has 136 valence electrons. The summed E-state index contributed by atoms with van der Waals surface area (Å²) in [6.45, 7) is 1.46. The van der Waals surface area contributed by atoms with Crippen molar-refractivity contribution in [3.8, 4) is 34.1 Å². The van der Waals surface area contributed by atoms with Crippen LogP contribution in [0.15, 0.2) is 64.8 Å². The van der Waals surface area contributed by atoms with E-state index in [4.69, 9.17) is 0 Å². The predicted molar refractivity (Wildman–Crippen MR) is 99.2 cm³/mol. The van der Waals surface area contributed by atoms with Gasteiger partial charge in [-0.25, -0.2) is 0 Å². The van der Waals surface area contributed by atoms with Gasteiger partial charge in [-0.05, 0) is 36.8 Å². The fraction of sp³-hybridized carbons (Fsp3) is 0.0500. The third-order valence-corrected chi connectivity index (χ3v) is 3.98. The first-order valence-corrected chi connectivity index (χ1v) is 7.97. The van der Waals surface area contributed by atoms with Gasteiger partial charge in [0.25, 0.3) is 0 Å². The van der Waals surface area contributed by atoms with Crippen molar-refractivity contribution in [1.82, 2.24) is 0 Å². The number of hydrogen-bond donors (Lipinski definition) is 4. The Morgan fingerprint density at radius 2 is 1.30 bits per heavy atom. The number of azo groups is 1. The number of carbonyl (C=O) groups is 1. The first kappa shape index (κ1) is 17.9. The Morgan fingerprint density at radius 1 is 0.741 bits per heavy atom. The zero-order valence-corrected chi connectivity index (χ0v) is 14.3. The molecule has 0 saturated carbocycles. The second-order valence-corrected chi connectivity index (χ2v) is 5.81. The van der Waals surface area contributed by atoms with Crippen LogP contribution in [-0.2, 0) is 0 Å². The number of benzene rings is 3. The van der Waals surface area contributed by atoms with Crippen molar-refractivity contribution in [2.75, 3.05) is 0 Å². The van der Waals surface area contributed by atoms with Gasteiger partial charge in [0, 0.05) is 11.1 Å². The van der Waals surface area contributed by atoms with E-state index in [1.165, 1.54) is 37.3 Å². The quantitative estimate of drug-likeness (QED) is 0.391. The maximum Gasteiger partial charge on any atom is 0.170 e. The molecule has 0 unspecified atom stereocenters. The molecule has 0 amide bonds. The van der Waals surface area contributed by atoms with Gasteiger partial charge in [-0.3, -0.25) is 4.79 Å². The van der Waals surface area contributed by atoms with Gasteiger partial charge in [-0.1, -0.05) is 30.3 Å². The van der Waals surface area contributed by atoms with Crippen LogP contribution in [0.2, 0.25) is 0 Å². The third-order valence-electron chi connectivity index (χ3n) is 3.98. The van der Waals surface area contributed by atoms with Gasteiger partial charge in [0.05, 0.1) is 0 Å². The lowest BCUT2D eigenvalue weighted by Gasteiger charge is -2.09. The maximum absolute atomic E-state index is 11.4. The van der Waals surface area contributed by atoms with Crippen LogP contribution in [0.3, 0.4) is 0 Å². The first-order valence-electron chi connectivity index (χ1n) is 7.97. The molecule has 3 rings (SSSR count). The predicted octanol–water partition coefficient (Wildman–Crippen LogP) is 4.79. The van der Waals surface area contributed by atoms with Crippen LogP contribution in [-0.4, -0.2) is 26.2 Å². The molecule has 0 atom stereocenters. The smallest absolute Gasteiger partial charge is 0.170 e. The number of hydrogen-bond acceptors (Lipinski definition) is 7. The molecule has 3 aromatic carbocycles. The topological polar surface area (TPSA) is 123 Å². The van der Waals surface area contributed by atoms with E-state index in [0.717, 1.165) is 0 Å². The van der Waals surface area contributed by atoms with Gasteiger partial charge < -0.3 is 20.4 Å². The van der Waals surface area contributed by atoms with E-state index in [-0.39, 0.29) is 40.2 Å². The summed E-state index contributed by atoms with van der Waals surface area (Å²) in [6, 6.07) is 13.5. The van der Waals surface area contributed by atoms with Crippen LogP contribution in [0.25, 0.3) is 11.1 Å². The zero-order chi connectivity index (χ0) is 19.6. The molecule has 0 heterocycles. The number of rotatable bonds is 4. The molecule has 0 aromatic heterocycles. The molecule has 7 nitrogen and oxygen atoms in total. The molecule has 0 aliphatic heterocycles. The highest BCUT2D eigenvalue weighted by Crippen LogP contribution is 2.45. The molecule has 4 N–H and O–H groups in total. The molecular weight excluding hydrogens is 348 g/mol. The van der Waals surface area contributed by atoms with Crippen LogP contribution in [0, 0.1) is 0 Å². The maximum atomic E-state index is 11.4. The van der Waals surface area contributed by atoms with Crippen LogP contribution in [0.1, 0.15) is 17.3 Å². The van der Waals surface area contributed by atoms with Gasteiger partial charge in [0.1, 0.15) is 17.2 Å². The Labute approximate surface area is 154 Å². The number of nitrogens with zero attached hydrogens (tertiary/aromatic N) is 2. The Hall–Kier alpha value is -3.87. The first-order chi connectivity index (χ1) is 12.9. The summed E-state index contributed by atoms with van der Waals surface area (Å²) in [7, 11) is 0. The van der Waals surface area contributed by atoms with E-state index in [1.807, 2.05) is 0 Å². The van der Waals surface area contributed by atoms with Crippen molar-refractivity contribution in [3.63, 3.8) is 0 Å². The molecule has 0 radical (unpaired) electrons. The zero-order valence-electron chi connectivity index (χ0n) is 14.3. The number of phenolic OH excluding ortho intramolecular Hbond substituents is 4. The van der Waals surface area contributed by atoms with E-state index in [2.05, 4.69) is 10.2 Å². The lowest BCUT2D eigenvalue weighted by atomic mass is 10.0. The van der Waals surface area contributed by atoms with Crippen molar-refractivity contribution in [1.29, 1.82) is 0 Å². The van der Waals surface area contributed by atoms with Crippen LogP contribution in [0.5, 0.6) is 23.0 Å². The summed E-state index contributed by atoms with van der Waals surface area (Å²) in [5.74, 6) is -1.32. The number of ketones is 1. The third kappa shape index (κ3) is 3.57. The Bertz CT molecular complexity index is 1020.